The van der Waals surface area contributed by atoms with Crippen LogP contribution >= 0.6 is 0 Å². The average Bonchev–Trinajstić information content (AvgIpc) is 2.39. The van der Waals surface area contributed by atoms with Gasteiger partial charge in [0.15, 0.2) is 0 Å². The maximum Gasteiger partial charge on any atom is 0.245 e. The molecule has 0 unspecified atom stereocenters. The van der Waals surface area contributed by atoms with Crippen molar-refractivity contribution in [1.29, 1.82) is 0 Å². The molecular formula is C14H18FNO3S. The van der Waals surface area contributed by atoms with Crippen molar-refractivity contribution in [2.45, 2.75) is 24.7 Å². The summed E-state index contributed by atoms with van der Waals surface area (Å²) in [6, 6.07) is 3.77. The van der Waals surface area contributed by atoms with Gasteiger partial charge in [-0.15, -0.1) is 0 Å². The third kappa shape index (κ3) is 4.04. The van der Waals surface area contributed by atoms with Gasteiger partial charge in [-0.1, -0.05) is 18.8 Å². The van der Waals surface area contributed by atoms with E-state index in [9.17, 15) is 12.8 Å². The zero-order chi connectivity index (χ0) is 15.2. The van der Waals surface area contributed by atoms with Gasteiger partial charge in [-0.05, 0) is 24.6 Å². The number of aliphatic hydroxyl groups excluding tert-OH is 1. The van der Waals surface area contributed by atoms with E-state index in [0.717, 1.165) is 10.4 Å². The van der Waals surface area contributed by atoms with Gasteiger partial charge < -0.3 is 5.11 Å². The minimum absolute atomic E-state index is 0.0657. The second kappa shape index (κ2) is 7.39. The Kier molecular flexibility index (Phi) is 6.14. The third-order valence-corrected chi connectivity index (χ3v) is 4.52. The first-order valence-corrected chi connectivity index (χ1v) is 7.73. The first kappa shape index (κ1) is 16.6. The quantitative estimate of drug-likeness (QED) is 0.840. The summed E-state index contributed by atoms with van der Waals surface area (Å²) in [4.78, 5) is -0.346. The molecule has 0 aliphatic carbocycles. The summed E-state index contributed by atoms with van der Waals surface area (Å²) >= 11 is 0. The second-order valence-corrected chi connectivity index (χ2v) is 6.26. The number of hydrogen-bond acceptors (Lipinski definition) is 3. The molecule has 110 valence electrons. The highest BCUT2D eigenvalue weighted by Crippen LogP contribution is 2.19. The van der Waals surface area contributed by atoms with Crippen LogP contribution in [0.3, 0.4) is 0 Å². The summed E-state index contributed by atoms with van der Waals surface area (Å²) in [6.45, 7) is 2.12. The monoisotopic (exact) mass is 299 g/mol. The van der Waals surface area contributed by atoms with E-state index < -0.39 is 15.8 Å². The SMILES string of the molecule is CCCN(C)S(=O)(=O)c1ccc(C#CCCO)cc1F. The third-order valence-electron chi connectivity index (χ3n) is 2.63. The van der Waals surface area contributed by atoms with E-state index in [-0.39, 0.29) is 11.5 Å². The minimum Gasteiger partial charge on any atom is -0.395 e. The first-order valence-electron chi connectivity index (χ1n) is 6.29. The molecule has 0 fully saturated rings. The lowest BCUT2D eigenvalue weighted by atomic mass is 10.2. The maximum atomic E-state index is 13.9. The van der Waals surface area contributed by atoms with Gasteiger partial charge in [-0.25, -0.2) is 17.1 Å². The van der Waals surface area contributed by atoms with Crippen LogP contribution in [0, 0.1) is 17.7 Å². The van der Waals surface area contributed by atoms with Crippen LogP contribution < -0.4 is 0 Å². The summed E-state index contributed by atoms with van der Waals surface area (Å²) in [5.41, 5.74) is 0.382. The molecule has 6 heteroatoms. The van der Waals surface area contributed by atoms with E-state index in [2.05, 4.69) is 11.8 Å². The number of halogens is 1. The van der Waals surface area contributed by atoms with Crippen molar-refractivity contribution in [3.05, 3.63) is 29.6 Å². The fraction of sp³-hybridized carbons (Fsp3) is 0.429. The highest BCUT2D eigenvalue weighted by Gasteiger charge is 2.23. The van der Waals surface area contributed by atoms with E-state index in [4.69, 9.17) is 5.11 Å². The Morgan fingerprint density at radius 1 is 1.40 bits per heavy atom. The Labute approximate surface area is 119 Å². The molecule has 0 aliphatic heterocycles. The number of sulfonamides is 1. The van der Waals surface area contributed by atoms with E-state index in [1.165, 1.54) is 19.2 Å². The smallest absolute Gasteiger partial charge is 0.245 e. The molecule has 0 atom stereocenters. The van der Waals surface area contributed by atoms with E-state index >= 15 is 0 Å². The van der Waals surface area contributed by atoms with Gasteiger partial charge in [0.2, 0.25) is 10.0 Å². The van der Waals surface area contributed by atoms with Gasteiger partial charge in [-0.2, -0.15) is 0 Å². The van der Waals surface area contributed by atoms with Gasteiger partial charge in [-0.3, -0.25) is 0 Å². The Balaban J connectivity index is 3.08. The molecule has 0 spiro atoms. The van der Waals surface area contributed by atoms with Crippen molar-refractivity contribution in [3.63, 3.8) is 0 Å². The molecule has 1 aromatic carbocycles. The van der Waals surface area contributed by atoms with Crippen LogP contribution in [0.15, 0.2) is 23.1 Å². The van der Waals surface area contributed by atoms with Gasteiger partial charge in [0.25, 0.3) is 0 Å². The molecular weight excluding hydrogens is 281 g/mol. The summed E-state index contributed by atoms with van der Waals surface area (Å²) in [6.07, 6.45) is 0.947. The zero-order valence-corrected chi connectivity index (χ0v) is 12.4. The standard InChI is InChI=1S/C14H18FNO3S/c1-3-9-16(2)20(18,19)14-8-7-12(11-13(14)15)6-4-5-10-17/h7-8,11,17H,3,5,9-10H2,1-2H3. The fourth-order valence-corrected chi connectivity index (χ4v) is 2.92. The predicted molar refractivity (Wildman–Crippen MR) is 75.1 cm³/mol. The van der Waals surface area contributed by atoms with Crippen molar-refractivity contribution in [1.82, 2.24) is 4.31 Å². The van der Waals surface area contributed by atoms with Crippen LogP contribution in [0.5, 0.6) is 0 Å². The lowest BCUT2D eigenvalue weighted by Crippen LogP contribution is -2.28. The number of rotatable bonds is 5. The Morgan fingerprint density at radius 2 is 2.10 bits per heavy atom. The van der Waals surface area contributed by atoms with Crippen molar-refractivity contribution in [2.24, 2.45) is 0 Å². The van der Waals surface area contributed by atoms with Crippen LogP contribution in [-0.2, 0) is 10.0 Å². The second-order valence-electron chi connectivity index (χ2n) is 4.25. The predicted octanol–water partition coefficient (Wildman–Crippen LogP) is 1.59. The van der Waals surface area contributed by atoms with Crippen molar-refractivity contribution < 1.29 is 17.9 Å². The molecule has 20 heavy (non-hydrogen) atoms. The van der Waals surface area contributed by atoms with E-state index in [1.54, 1.807) is 0 Å². The molecule has 0 saturated carbocycles. The molecule has 1 N–H and O–H groups in total. The molecule has 0 radical (unpaired) electrons. The fourth-order valence-electron chi connectivity index (χ4n) is 1.61. The normalized spacial score (nSPS) is 11.2. The Morgan fingerprint density at radius 3 is 2.65 bits per heavy atom. The molecule has 1 aromatic rings. The molecule has 0 aliphatic rings. The van der Waals surface area contributed by atoms with Crippen LogP contribution in [0.2, 0.25) is 0 Å². The topological polar surface area (TPSA) is 57.6 Å². The number of aliphatic hydroxyl groups is 1. The maximum absolute atomic E-state index is 13.9. The van der Waals surface area contributed by atoms with Gasteiger partial charge >= 0.3 is 0 Å². The highest BCUT2D eigenvalue weighted by atomic mass is 32.2. The molecule has 0 aromatic heterocycles. The summed E-state index contributed by atoms with van der Waals surface area (Å²) in [7, 11) is -2.38. The van der Waals surface area contributed by atoms with Crippen LogP contribution in [0.25, 0.3) is 0 Å². The van der Waals surface area contributed by atoms with Crippen molar-refractivity contribution >= 4 is 10.0 Å². The van der Waals surface area contributed by atoms with Gasteiger partial charge in [0, 0.05) is 25.6 Å². The number of benzene rings is 1. The summed E-state index contributed by atoms with van der Waals surface area (Å²) < 4.78 is 39.3. The number of nitrogens with zero attached hydrogens (tertiary/aromatic N) is 1. The van der Waals surface area contributed by atoms with Crippen molar-refractivity contribution in [2.75, 3.05) is 20.2 Å². The average molecular weight is 299 g/mol. The largest absolute Gasteiger partial charge is 0.395 e. The Hall–Kier alpha value is -1.42. The molecule has 1 rings (SSSR count). The molecule has 0 amide bonds. The number of hydrogen-bond donors (Lipinski definition) is 1. The molecule has 4 nitrogen and oxygen atoms in total. The van der Waals surface area contributed by atoms with Crippen molar-refractivity contribution in [3.8, 4) is 11.8 Å². The zero-order valence-electron chi connectivity index (χ0n) is 11.6. The molecule has 0 saturated heterocycles. The van der Waals surface area contributed by atoms with E-state index in [1.807, 2.05) is 6.92 Å². The first-order chi connectivity index (χ1) is 9.43. The minimum atomic E-state index is -3.80. The Bertz CT molecular complexity index is 617. The van der Waals surface area contributed by atoms with Crippen LogP contribution in [0.1, 0.15) is 25.3 Å². The van der Waals surface area contributed by atoms with E-state index in [0.29, 0.717) is 24.9 Å². The molecule has 0 bridgehead atoms. The van der Waals surface area contributed by atoms with Crippen LogP contribution in [0.4, 0.5) is 4.39 Å². The highest BCUT2D eigenvalue weighted by molar-refractivity contribution is 7.89. The lowest BCUT2D eigenvalue weighted by molar-refractivity contribution is 0.305. The van der Waals surface area contributed by atoms with Crippen LogP contribution in [-0.4, -0.2) is 38.0 Å². The van der Waals surface area contributed by atoms with Gasteiger partial charge in [0.05, 0.1) is 6.61 Å². The van der Waals surface area contributed by atoms with Gasteiger partial charge in [0.1, 0.15) is 10.7 Å². The lowest BCUT2D eigenvalue weighted by Gasteiger charge is -2.16. The molecule has 0 heterocycles. The summed E-state index contributed by atoms with van der Waals surface area (Å²) in [5.74, 6) is 4.50. The summed E-state index contributed by atoms with van der Waals surface area (Å²) in [5, 5.41) is 8.60.